The minimum absolute atomic E-state index is 0.123. The molecule has 0 spiro atoms. The van der Waals surface area contributed by atoms with Gasteiger partial charge in [-0.1, -0.05) is 26.8 Å². The fraction of sp³-hybridized carbons (Fsp3) is 0.556. The second-order valence-electron chi connectivity index (χ2n) is 6.74. The molecular formula is C18H25N3O2S. The van der Waals surface area contributed by atoms with E-state index in [4.69, 9.17) is 0 Å². The zero-order valence-corrected chi connectivity index (χ0v) is 15.4. The molecule has 0 N–H and O–H groups in total. The second-order valence-corrected chi connectivity index (χ2v) is 7.68. The van der Waals surface area contributed by atoms with E-state index in [1.165, 1.54) is 16.2 Å². The van der Waals surface area contributed by atoms with Crippen molar-refractivity contribution in [3.63, 3.8) is 0 Å². The van der Waals surface area contributed by atoms with Gasteiger partial charge >= 0.3 is 0 Å². The van der Waals surface area contributed by atoms with E-state index in [2.05, 4.69) is 16.7 Å². The number of piperazine rings is 1. The van der Waals surface area contributed by atoms with Gasteiger partial charge in [0.2, 0.25) is 0 Å². The lowest BCUT2D eigenvalue weighted by atomic mass is 10.1. The first kappa shape index (κ1) is 17.2. The molecule has 1 saturated heterocycles. The van der Waals surface area contributed by atoms with Gasteiger partial charge in [0.1, 0.15) is 5.70 Å². The Bertz CT molecular complexity index is 643. The van der Waals surface area contributed by atoms with E-state index in [-0.39, 0.29) is 17.7 Å². The van der Waals surface area contributed by atoms with E-state index in [0.29, 0.717) is 17.8 Å². The van der Waals surface area contributed by atoms with E-state index in [9.17, 15) is 9.59 Å². The van der Waals surface area contributed by atoms with Crippen LogP contribution in [0.1, 0.15) is 25.6 Å². The molecule has 3 heterocycles. The Morgan fingerprint density at radius 3 is 2.38 bits per heavy atom. The summed E-state index contributed by atoms with van der Waals surface area (Å²) in [4.78, 5) is 32.8. The van der Waals surface area contributed by atoms with Crippen LogP contribution in [0.4, 0.5) is 0 Å². The third-order valence-corrected chi connectivity index (χ3v) is 5.48. The normalized spacial score (nSPS) is 20.0. The smallest absolute Gasteiger partial charge is 0.277 e. The number of amides is 2. The molecule has 3 rings (SSSR count). The van der Waals surface area contributed by atoms with E-state index in [1.54, 1.807) is 0 Å². The maximum atomic E-state index is 13.0. The summed E-state index contributed by atoms with van der Waals surface area (Å²) >= 11 is 1.53. The molecule has 0 aromatic carbocycles. The van der Waals surface area contributed by atoms with Crippen molar-refractivity contribution in [2.24, 2.45) is 5.92 Å². The number of imide groups is 1. The topological polar surface area (TPSA) is 43.9 Å². The Morgan fingerprint density at radius 1 is 1.12 bits per heavy atom. The molecule has 130 valence electrons. The molecule has 1 aromatic heterocycles. The summed E-state index contributed by atoms with van der Waals surface area (Å²) in [5.41, 5.74) is 1.21. The van der Waals surface area contributed by atoms with Gasteiger partial charge in [-0.05, 0) is 23.9 Å². The molecule has 2 amide bonds. The average molecular weight is 347 g/mol. The van der Waals surface area contributed by atoms with Crippen molar-refractivity contribution >= 4 is 28.7 Å². The van der Waals surface area contributed by atoms with Crippen LogP contribution >= 0.6 is 11.3 Å². The first-order valence-corrected chi connectivity index (χ1v) is 9.52. The highest BCUT2D eigenvalue weighted by molar-refractivity contribution is 7.11. The molecule has 24 heavy (non-hydrogen) atoms. The van der Waals surface area contributed by atoms with Crippen LogP contribution in [0, 0.1) is 5.92 Å². The van der Waals surface area contributed by atoms with Gasteiger partial charge in [0, 0.05) is 37.6 Å². The van der Waals surface area contributed by atoms with Crippen molar-refractivity contribution < 1.29 is 9.59 Å². The van der Waals surface area contributed by atoms with Gasteiger partial charge in [-0.3, -0.25) is 14.5 Å². The Balaban J connectivity index is 1.94. The van der Waals surface area contributed by atoms with Gasteiger partial charge < -0.3 is 9.80 Å². The highest BCUT2D eigenvalue weighted by Gasteiger charge is 2.42. The fourth-order valence-corrected chi connectivity index (χ4v) is 4.08. The number of carbonyl (C=O) groups excluding carboxylic acids is 2. The third-order valence-electron chi connectivity index (χ3n) is 4.59. The van der Waals surface area contributed by atoms with Crippen LogP contribution in [0.5, 0.6) is 0 Å². The number of hydrogen-bond acceptors (Lipinski definition) is 5. The van der Waals surface area contributed by atoms with E-state index in [0.717, 1.165) is 37.6 Å². The maximum Gasteiger partial charge on any atom is 0.277 e. The van der Waals surface area contributed by atoms with Crippen molar-refractivity contribution in [2.45, 2.75) is 20.8 Å². The van der Waals surface area contributed by atoms with Gasteiger partial charge in [-0.25, -0.2) is 0 Å². The standard InChI is InChI=1S/C18H25N3O2S/c1-4-19-7-9-20(10-8-19)16-15(14-6-5-11-24-14)17(22)21(18(16)23)12-13(2)3/h5-6,11,13H,4,7-10,12H2,1-3H3. The summed E-state index contributed by atoms with van der Waals surface area (Å²) in [6, 6.07) is 3.87. The molecule has 1 fully saturated rings. The van der Waals surface area contributed by atoms with Crippen LogP contribution in [0.3, 0.4) is 0 Å². The van der Waals surface area contributed by atoms with Crippen molar-refractivity contribution in [3.8, 4) is 0 Å². The summed E-state index contributed by atoms with van der Waals surface area (Å²) in [5, 5.41) is 1.96. The highest BCUT2D eigenvalue weighted by Crippen LogP contribution is 2.34. The van der Waals surface area contributed by atoms with E-state index < -0.39 is 0 Å². The molecule has 1 aromatic rings. The van der Waals surface area contributed by atoms with Crippen molar-refractivity contribution in [3.05, 3.63) is 28.1 Å². The van der Waals surface area contributed by atoms with Crippen molar-refractivity contribution in [2.75, 3.05) is 39.3 Å². The number of likely N-dealkylation sites (N-methyl/N-ethyl adjacent to an activating group) is 1. The van der Waals surface area contributed by atoms with Gasteiger partial charge in [-0.15, -0.1) is 11.3 Å². The predicted molar refractivity (Wildman–Crippen MR) is 96.5 cm³/mol. The Kier molecular flexibility index (Phi) is 5.06. The van der Waals surface area contributed by atoms with Crippen LogP contribution in [0.2, 0.25) is 0 Å². The molecule has 2 aliphatic heterocycles. The van der Waals surface area contributed by atoms with E-state index >= 15 is 0 Å². The summed E-state index contributed by atoms with van der Waals surface area (Å²) in [6.07, 6.45) is 0. The number of nitrogens with zero attached hydrogens (tertiary/aromatic N) is 3. The molecule has 0 aliphatic carbocycles. The molecular weight excluding hydrogens is 322 g/mol. The van der Waals surface area contributed by atoms with Gasteiger partial charge in [0.05, 0.1) is 5.57 Å². The number of carbonyl (C=O) groups is 2. The molecule has 5 nitrogen and oxygen atoms in total. The summed E-state index contributed by atoms with van der Waals surface area (Å²) in [5.74, 6) is 0.00453. The SMILES string of the molecule is CCN1CCN(C2=C(c3cccs3)C(=O)N(CC(C)C)C2=O)CC1. The first-order valence-electron chi connectivity index (χ1n) is 8.64. The van der Waals surface area contributed by atoms with Crippen LogP contribution in [0.15, 0.2) is 23.2 Å². The van der Waals surface area contributed by atoms with Crippen LogP contribution in [0.25, 0.3) is 5.57 Å². The zero-order valence-electron chi connectivity index (χ0n) is 14.6. The van der Waals surface area contributed by atoms with Crippen LogP contribution < -0.4 is 0 Å². The Hall–Kier alpha value is -1.66. The summed E-state index contributed by atoms with van der Waals surface area (Å²) in [7, 11) is 0. The summed E-state index contributed by atoms with van der Waals surface area (Å²) in [6.45, 7) is 11.2. The van der Waals surface area contributed by atoms with E-state index in [1.807, 2.05) is 31.4 Å². The second kappa shape index (κ2) is 7.07. The van der Waals surface area contributed by atoms with Gasteiger partial charge in [0.15, 0.2) is 0 Å². The quantitative estimate of drug-likeness (QED) is 0.766. The first-order chi connectivity index (χ1) is 11.5. The van der Waals surface area contributed by atoms with Gasteiger partial charge in [0.25, 0.3) is 11.8 Å². The fourth-order valence-electron chi connectivity index (χ4n) is 3.32. The van der Waals surface area contributed by atoms with Crippen LogP contribution in [-0.2, 0) is 9.59 Å². The van der Waals surface area contributed by atoms with Crippen molar-refractivity contribution in [1.82, 2.24) is 14.7 Å². The average Bonchev–Trinajstić information content (AvgIpc) is 3.17. The molecule has 0 saturated carbocycles. The number of hydrogen-bond donors (Lipinski definition) is 0. The lowest BCUT2D eigenvalue weighted by molar-refractivity contribution is -0.138. The monoisotopic (exact) mass is 347 g/mol. The lowest BCUT2D eigenvalue weighted by Gasteiger charge is -2.35. The van der Waals surface area contributed by atoms with Crippen molar-refractivity contribution in [1.29, 1.82) is 0 Å². The molecule has 0 unspecified atom stereocenters. The molecule has 0 atom stereocenters. The third kappa shape index (κ3) is 3.13. The predicted octanol–water partition coefficient (Wildman–Crippen LogP) is 2.12. The maximum absolute atomic E-state index is 13.0. The molecule has 6 heteroatoms. The Morgan fingerprint density at radius 2 is 1.83 bits per heavy atom. The highest BCUT2D eigenvalue weighted by atomic mass is 32.1. The molecule has 0 bridgehead atoms. The summed E-state index contributed by atoms with van der Waals surface area (Å²) < 4.78 is 0. The zero-order chi connectivity index (χ0) is 17.3. The lowest BCUT2D eigenvalue weighted by Crippen LogP contribution is -2.47. The minimum atomic E-state index is -0.135. The largest absolute Gasteiger partial charge is 0.364 e. The Labute approximate surface area is 147 Å². The molecule has 0 radical (unpaired) electrons. The number of thiophene rings is 1. The number of rotatable bonds is 5. The molecule has 2 aliphatic rings. The van der Waals surface area contributed by atoms with Gasteiger partial charge in [-0.2, -0.15) is 0 Å². The minimum Gasteiger partial charge on any atom is -0.364 e. The van der Waals surface area contributed by atoms with Crippen LogP contribution in [-0.4, -0.2) is 65.8 Å².